The zero-order valence-corrected chi connectivity index (χ0v) is 25.6. The summed E-state index contributed by atoms with van der Waals surface area (Å²) in [5, 5.41) is 28.9. The van der Waals surface area contributed by atoms with Crippen molar-refractivity contribution in [2.24, 2.45) is 0 Å². The third kappa shape index (κ3) is 6.86. The summed E-state index contributed by atoms with van der Waals surface area (Å²) in [6.07, 6.45) is 3.59. The first-order chi connectivity index (χ1) is 23.2. The zero-order chi connectivity index (χ0) is 33.8. The number of carboxylic acid groups (broad SMARTS) is 1. The molecule has 0 aliphatic carbocycles. The summed E-state index contributed by atoms with van der Waals surface area (Å²) in [6.45, 7) is 1.37. The summed E-state index contributed by atoms with van der Waals surface area (Å²) in [7, 11) is 0. The molecule has 0 unspecified atom stereocenters. The van der Waals surface area contributed by atoms with Crippen molar-refractivity contribution >= 4 is 52.1 Å². The van der Waals surface area contributed by atoms with E-state index >= 15 is 0 Å². The number of aliphatic carboxylic acids is 1. The Morgan fingerprint density at radius 2 is 1.90 bits per heavy atom. The normalized spacial score (nSPS) is 13.1. The van der Waals surface area contributed by atoms with Crippen LogP contribution in [0.1, 0.15) is 51.2 Å². The third-order valence-corrected chi connectivity index (χ3v) is 7.84. The third-order valence-electron chi connectivity index (χ3n) is 7.84. The van der Waals surface area contributed by atoms with Gasteiger partial charge in [0.1, 0.15) is 6.04 Å². The lowest BCUT2D eigenvalue weighted by Crippen LogP contribution is -2.41. The van der Waals surface area contributed by atoms with Gasteiger partial charge in [-0.3, -0.25) is 9.59 Å². The molecule has 18 heteroatoms. The Morgan fingerprint density at radius 3 is 2.69 bits per heavy atom. The van der Waals surface area contributed by atoms with E-state index in [1.165, 1.54) is 0 Å². The van der Waals surface area contributed by atoms with Gasteiger partial charge in [-0.05, 0) is 72.9 Å². The number of nitrogens with zero attached hydrogens (tertiary/aromatic N) is 8. The predicted molar refractivity (Wildman–Crippen MR) is 174 cm³/mol. The van der Waals surface area contributed by atoms with E-state index in [1.54, 1.807) is 36.5 Å². The number of aromatic amines is 1. The van der Waals surface area contributed by atoms with Gasteiger partial charge in [0.05, 0.1) is 24.0 Å². The molecule has 3 aromatic heterocycles. The standard InChI is InChI=1S/C30H32N14O4/c31-17-6-7-19(20(12-17)25-40-42-43-41-25)28(46)34-9-1-4-21(29(47)48)37-27(45)16-5-8-22-15(11-16)3-2-10-44(22)14-18-13-35-26-23(36-18)24(32)38-30(33)39-26/h5-8,11-13,21H,1-4,9-10,14,31H2,(H,34,46)(H,37,45)(H,47,48)(H,40,41,42,43)(H4,32,33,35,38,39)/t21-/m0/s1. The fourth-order valence-electron chi connectivity index (χ4n) is 5.56. The molecule has 246 valence electrons. The Kier molecular flexibility index (Phi) is 8.86. The minimum absolute atomic E-state index is 0.0254. The van der Waals surface area contributed by atoms with Crippen LogP contribution < -0.4 is 32.7 Å². The molecule has 4 heterocycles. The molecule has 18 nitrogen and oxygen atoms in total. The number of carbonyl (C=O) groups excluding carboxylic acids is 2. The van der Waals surface area contributed by atoms with E-state index in [9.17, 15) is 19.5 Å². The maximum Gasteiger partial charge on any atom is 0.326 e. The highest BCUT2D eigenvalue weighted by atomic mass is 16.4. The van der Waals surface area contributed by atoms with Gasteiger partial charge in [0.25, 0.3) is 11.8 Å². The molecule has 10 N–H and O–H groups in total. The number of amides is 2. The number of hydrogen-bond acceptors (Lipinski definition) is 14. The number of anilines is 4. The number of nitrogens with one attached hydrogen (secondary N) is 3. The van der Waals surface area contributed by atoms with Crippen molar-refractivity contribution in [2.45, 2.75) is 38.3 Å². The first kappa shape index (κ1) is 31.5. The van der Waals surface area contributed by atoms with Gasteiger partial charge in [0.15, 0.2) is 17.0 Å². The lowest BCUT2D eigenvalue weighted by Gasteiger charge is -2.31. The van der Waals surface area contributed by atoms with Crippen molar-refractivity contribution < 1.29 is 19.5 Å². The molecule has 1 atom stereocenters. The van der Waals surface area contributed by atoms with Gasteiger partial charge in [-0.25, -0.2) is 14.8 Å². The fourth-order valence-corrected chi connectivity index (χ4v) is 5.56. The number of carbonyl (C=O) groups is 3. The second-order valence-corrected chi connectivity index (χ2v) is 11.2. The highest BCUT2D eigenvalue weighted by molar-refractivity contribution is 6.00. The monoisotopic (exact) mass is 652 g/mol. The number of H-pyrrole nitrogens is 1. The van der Waals surface area contributed by atoms with Crippen LogP contribution in [-0.4, -0.2) is 82.6 Å². The largest absolute Gasteiger partial charge is 0.480 e. The van der Waals surface area contributed by atoms with Crippen molar-refractivity contribution in [2.75, 3.05) is 35.2 Å². The summed E-state index contributed by atoms with van der Waals surface area (Å²) in [6, 6.07) is 8.83. The maximum absolute atomic E-state index is 13.2. The molecule has 0 saturated heterocycles. The minimum atomic E-state index is -1.18. The van der Waals surface area contributed by atoms with Gasteiger partial charge in [0, 0.05) is 35.6 Å². The summed E-state index contributed by atoms with van der Waals surface area (Å²) >= 11 is 0. The predicted octanol–water partition coefficient (Wildman–Crippen LogP) is 0.693. The molecule has 48 heavy (non-hydrogen) atoms. The smallest absolute Gasteiger partial charge is 0.326 e. The molecular formula is C30H32N14O4. The minimum Gasteiger partial charge on any atom is -0.480 e. The second kappa shape index (κ2) is 13.5. The number of tetrazole rings is 1. The van der Waals surface area contributed by atoms with Gasteiger partial charge in [0.2, 0.25) is 11.8 Å². The van der Waals surface area contributed by atoms with Crippen LogP contribution in [0.15, 0.2) is 42.6 Å². The van der Waals surface area contributed by atoms with Gasteiger partial charge in [-0.15, -0.1) is 10.2 Å². The molecule has 0 bridgehead atoms. The lowest BCUT2D eigenvalue weighted by molar-refractivity contribution is -0.139. The Morgan fingerprint density at radius 1 is 1.04 bits per heavy atom. The first-order valence-corrected chi connectivity index (χ1v) is 15.0. The summed E-state index contributed by atoms with van der Waals surface area (Å²) in [5.41, 5.74) is 22.2. The maximum atomic E-state index is 13.2. The highest BCUT2D eigenvalue weighted by Gasteiger charge is 2.24. The second-order valence-electron chi connectivity index (χ2n) is 11.2. The van der Waals surface area contributed by atoms with Crippen LogP contribution in [0.25, 0.3) is 22.6 Å². The van der Waals surface area contributed by atoms with Crippen molar-refractivity contribution in [1.29, 1.82) is 0 Å². The molecular weight excluding hydrogens is 620 g/mol. The molecule has 5 aromatic rings. The van der Waals surface area contributed by atoms with E-state index in [0.29, 0.717) is 40.2 Å². The zero-order valence-electron chi connectivity index (χ0n) is 25.6. The van der Waals surface area contributed by atoms with E-state index < -0.39 is 23.8 Å². The fraction of sp³-hybridized carbons (Fsp3) is 0.267. The topological polar surface area (TPSA) is 283 Å². The molecule has 1 aliphatic heterocycles. The Balaban J connectivity index is 1.06. The number of nitrogen functional groups attached to an aromatic ring is 3. The van der Waals surface area contributed by atoms with Crippen LogP contribution in [0, 0.1) is 0 Å². The number of aryl methyl sites for hydroxylation is 1. The number of benzene rings is 2. The average molecular weight is 653 g/mol. The van der Waals surface area contributed by atoms with Crippen LogP contribution in [-0.2, 0) is 17.8 Å². The molecule has 6 rings (SSSR count). The molecule has 2 aromatic carbocycles. The first-order valence-electron chi connectivity index (χ1n) is 15.0. The van der Waals surface area contributed by atoms with Crippen LogP contribution in [0.2, 0.25) is 0 Å². The average Bonchev–Trinajstić information content (AvgIpc) is 3.61. The summed E-state index contributed by atoms with van der Waals surface area (Å²) in [4.78, 5) is 57.1. The van der Waals surface area contributed by atoms with Crippen molar-refractivity contribution in [3.05, 3.63) is 65.0 Å². The number of rotatable bonds is 11. The highest BCUT2D eigenvalue weighted by Crippen LogP contribution is 2.30. The van der Waals surface area contributed by atoms with Crippen LogP contribution in [0.5, 0.6) is 0 Å². The number of hydrogen-bond donors (Lipinski definition) is 7. The van der Waals surface area contributed by atoms with E-state index in [-0.39, 0.29) is 42.5 Å². The van der Waals surface area contributed by atoms with Gasteiger partial charge >= 0.3 is 5.97 Å². The van der Waals surface area contributed by atoms with E-state index in [4.69, 9.17) is 17.2 Å². The molecule has 2 amide bonds. The SMILES string of the molecule is Nc1ccc(C(=O)NCCC[C@H](NC(=O)c2ccc3c(c2)CCCN3Cc2cnc3nc(N)nc(N)c3n2)C(=O)O)c(-c2nn[nH]n2)c1. The summed E-state index contributed by atoms with van der Waals surface area (Å²) in [5.74, 6) is -1.71. The van der Waals surface area contributed by atoms with Crippen LogP contribution in [0.4, 0.5) is 23.1 Å². The van der Waals surface area contributed by atoms with Crippen molar-refractivity contribution in [3.8, 4) is 11.4 Å². The van der Waals surface area contributed by atoms with Crippen LogP contribution in [0.3, 0.4) is 0 Å². The number of aromatic nitrogens is 8. The molecule has 1 aliphatic rings. The quantitative estimate of drug-likeness (QED) is 0.0763. The molecule has 0 saturated carbocycles. The van der Waals surface area contributed by atoms with E-state index in [2.05, 4.69) is 56.1 Å². The Hall–Kier alpha value is -6.46. The number of nitrogens with two attached hydrogens (primary N) is 3. The van der Waals surface area contributed by atoms with E-state index in [0.717, 1.165) is 30.6 Å². The van der Waals surface area contributed by atoms with Crippen molar-refractivity contribution in [3.63, 3.8) is 0 Å². The van der Waals surface area contributed by atoms with Crippen molar-refractivity contribution in [1.82, 2.24) is 51.2 Å². The molecule has 0 radical (unpaired) electrons. The number of fused-ring (bicyclic) bond motifs is 2. The summed E-state index contributed by atoms with van der Waals surface area (Å²) < 4.78 is 0. The Bertz CT molecular complexity index is 2000. The molecule has 0 fully saturated rings. The Labute approximate surface area is 272 Å². The van der Waals surface area contributed by atoms with Crippen LogP contribution >= 0.6 is 0 Å². The lowest BCUT2D eigenvalue weighted by atomic mass is 9.98. The van der Waals surface area contributed by atoms with Gasteiger partial charge < -0.3 is 37.8 Å². The van der Waals surface area contributed by atoms with E-state index in [1.807, 2.05) is 6.07 Å². The van der Waals surface area contributed by atoms with Gasteiger partial charge in [-0.2, -0.15) is 15.2 Å². The molecule has 0 spiro atoms. The number of carboxylic acids is 1. The van der Waals surface area contributed by atoms with Gasteiger partial charge in [-0.1, -0.05) is 0 Å².